The number of aromatic nitrogens is 1. The minimum Gasteiger partial charge on any atom is -0.462 e. The average Bonchev–Trinajstić information content (AvgIpc) is 2.96. The standard InChI is InChI=1S/C20H19NO3/c1-4-24-20(23)16-12-18(21-14(3)6-5-7-17(16)21)19(22)15-10-8-13(2)9-11-15/h5-12H,4H2,1-3H3. The van der Waals surface area contributed by atoms with E-state index in [1.807, 2.05) is 48.6 Å². The summed E-state index contributed by atoms with van der Waals surface area (Å²) < 4.78 is 6.94. The highest BCUT2D eigenvalue weighted by atomic mass is 16.5. The van der Waals surface area contributed by atoms with Gasteiger partial charge in [-0.1, -0.05) is 35.9 Å². The molecule has 0 N–H and O–H groups in total. The fourth-order valence-corrected chi connectivity index (χ4v) is 2.82. The molecule has 0 fully saturated rings. The molecule has 1 aromatic carbocycles. The number of pyridine rings is 1. The van der Waals surface area contributed by atoms with Crippen molar-refractivity contribution in [3.05, 3.63) is 76.6 Å². The number of rotatable bonds is 4. The van der Waals surface area contributed by atoms with Crippen LogP contribution in [0.2, 0.25) is 0 Å². The molecule has 0 aliphatic rings. The van der Waals surface area contributed by atoms with Crippen LogP contribution in [0.4, 0.5) is 0 Å². The van der Waals surface area contributed by atoms with Gasteiger partial charge in [0.1, 0.15) is 0 Å². The first-order valence-electron chi connectivity index (χ1n) is 7.92. The van der Waals surface area contributed by atoms with E-state index in [0.29, 0.717) is 28.9 Å². The summed E-state index contributed by atoms with van der Waals surface area (Å²) in [7, 11) is 0. The summed E-state index contributed by atoms with van der Waals surface area (Å²) >= 11 is 0. The van der Waals surface area contributed by atoms with Gasteiger partial charge in [0.25, 0.3) is 0 Å². The SMILES string of the molecule is CCOC(=O)c1cc(C(=O)c2ccc(C)cc2)n2c(C)cccc12. The van der Waals surface area contributed by atoms with E-state index in [0.717, 1.165) is 11.3 Å². The summed E-state index contributed by atoms with van der Waals surface area (Å²) in [6.07, 6.45) is 0. The zero-order chi connectivity index (χ0) is 17.3. The number of esters is 1. The Labute approximate surface area is 140 Å². The molecule has 0 aliphatic carbocycles. The number of nitrogens with zero attached hydrogens (tertiary/aromatic N) is 1. The van der Waals surface area contributed by atoms with Crippen LogP contribution in [0.3, 0.4) is 0 Å². The lowest BCUT2D eigenvalue weighted by Gasteiger charge is -2.06. The fourth-order valence-electron chi connectivity index (χ4n) is 2.82. The fraction of sp³-hybridized carbons (Fsp3) is 0.200. The summed E-state index contributed by atoms with van der Waals surface area (Å²) in [4.78, 5) is 25.2. The van der Waals surface area contributed by atoms with Crippen LogP contribution >= 0.6 is 0 Å². The Morgan fingerprint density at radius 1 is 1.04 bits per heavy atom. The van der Waals surface area contributed by atoms with Crippen LogP contribution < -0.4 is 0 Å². The number of fused-ring (bicyclic) bond motifs is 1. The second-order valence-electron chi connectivity index (χ2n) is 5.75. The van der Waals surface area contributed by atoms with Crippen molar-refractivity contribution in [3.8, 4) is 0 Å². The molecule has 0 aliphatic heterocycles. The number of aryl methyl sites for hydroxylation is 2. The van der Waals surface area contributed by atoms with E-state index in [9.17, 15) is 9.59 Å². The smallest absolute Gasteiger partial charge is 0.340 e. The molecular formula is C20H19NO3. The highest BCUT2D eigenvalue weighted by molar-refractivity contribution is 6.11. The first-order valence-corrected chi connectivity index (χ1v) is 7.92. The molecule has 4 heteroatoms. The Morgan fingerprint density at radius 3 is 2.42 bits per heavy atom. The summed E-state index contributed by atoms with van der Waals surface area (Å²) in [5.41, 5.74) is 4.14. The zero-order valence-corrected chi connectivity index (χ0v) is 14.0. The quantitative estimate of drug-likeness (QED) is 0.540. The Kier molecular flexibility index (Phi) is 4.21. The lowest BCUT2D eigenvalue weighted by molar-refractivity contribution is 0.0529. The van der Waals surface area contributed by atoms with Crippen molar-refractivity contribution >= 4 is 17.3 Å². The first-order chi connectivity index (χ1) is 11.5. The van der Waals surface area contributed by atoms with Gasteiger partial charge in [-0.3, -0.25) is 4.79 Å². The maximum Gasteiger partial charge on any atom is 0.340 e. The van der Waals surface area contributed by atoms with Gasteiger partial charge in [0.05, 0.1) is 23.4 Å². The largest absolute Gasteiger partial charge is 0.462 e. The molecule has 0 amide bonds. The molecule has 0 spiro atoms. The molecule has 122 valence electrons. The van der Waals surface area contributed by atoms with Gasteiger partial charge >= 0.3 is 5.97 Å². The van der Waals surface area contributed by atoms with Crippen LogP contribution in [-0.2, 0) is 4.74 Å². The number of ketones is 1. The van der Waals surface area contributed by atoms with E-state index in [1.54, 1.807) is 25.1 Å². The molecule has 0 saturated heterocycles. The first kappa shape index (κ1) is 16.0. The van der Waals surface area contributed by atoms with E-state index in [-0.39, 0.29) is 5.78 Å². The lowest BCUT2D eigenvalue weighted by atomic mass is 10.1. The van der Waals surface area contributed by atoms with Gasteiger partial charge in [-0.15, -0.1) is 0 Å². The zero-order valence-electron chi connectivity index (χ0n) is 14.0. The van der Waals surface area contributed by atoms with Gasteiger partial charge in [0.2, 0.25) is 5.78 Å². The second kappa shape index (κ2) is 6.32. The monoisotopic (exact) mass is 321 g/mol. The molecule has 3 aromatic rings. The molecule has 0 atom stereocenters. The molecule has 3 rings (SSSR count). The van der Waals surface area contributed by atoms with Gasteiger partial charge in [0.15, 0.2) is 0 Å². The molecular weight excluding hydrogens is 302 g/mol. The molecule has 0 saturated carbocycles. The molecule has 2 aromatic heterocycles. The van der Waals surface area contributed by atoms with Crippen LogP contribution in [0, 0.1) is 13.8 Å². The van der Waals surface area contributed by atoms with Crippen LogP contribution in [0.25, 0.3) is 5.52 Å². The third-order valence-electron chi connectivity index (χ3n) is 4.02. The minimum absolute atomic E-state index is 0.116. The Morgan fingerprint density at radius 2 is 1.75 bits per heavy atom. The van der Waals surface area contributed by atoms with E-state index >= 15 is 0 Å². The average molecular weight is 321 g/mol. The number of hydrogen-bond acceptors (Lipinski definition) is 3. The topological polar surface area (TPSA) is 47.8 Å². The van der Waals surface area contributed by atoms with Crippen molar-refractivity contribution < 1.29 is 14.3 Å². The number of benzene rings is 1. The van der Waals surface area contributed by atoms with Gasteiger partial charge in [-0.05, 0) is 39.0 Å². The van der Waals surface area contributed by atoms with Crippen LogP contribution in [0.1, 0.15) is 44.6 Å². The number of ether oxygens (including phenoxy) is 1. The molecule has 0 unspecified atom stereocenters. The summed E-state index contributed by atoms with van der Waals surface area (Å²) in [5, 5.41) is 0. The summed E-state index contributed by atoms with van der Waals surface area (Å²) in [6, 6.07) is 14.7. The van der Waals surface area contributed by atoms with Crippen molar-refractivity contribution in [3.63, 3.8) is 0 Å². The van der Waals surface area contributed by atoms with Crippen molar-refractivity contribution in [2.24, 2.45) is 0 Å². The molecule has 0 radical (unpaired) electrons. The van der Waals surface area contributed by atoms with Crippen molar-refractivity contribution in [1.82, 2.24) is 4.40 Å². The number of carbonyl (C=O) groups excluding carboxylic acids is 2. The van der Waals surface area contributed by atoms with Gasteiger partial charge in [-0.2, -0.15) is 0 Å². The summed E-state index contributed by atoms with van der Waals surface area (Å²) in [6.45, 7) is 5.95. The maximum atomic E-state index is 12.9. The molecule has 24 heavy (non-hydrogen) atoms. The van der Waals surface area contributed by atoms with Crippen LogP contribution in [0.5, 0.6) is 0 Å². The predicted octanol–water partition coefficient (Wildman–Crippen LogP) is 3.96. The third kappa shape index (κ3) is 2.71. The highest BCUT2D eigenvalue weighted by Gasteiger charge is 2.22. The predicted molar refractivity (Wildman–Crippen MR) is 92.7 cm³/mol. The number of carbonyl (C=O) groups is 2. The van der Waals surface area contributed by atoms with Crippen LogP contribution in [-0.4, -0.2) is 22.8 Å². The van der Waals surface area contributed by atoms with Gasteiger partial charge in [-0.25, -0.2) is 4.79 Å². The number of hydrogen-bond donors (Lipinski definition) is 0. The van der Waals surface area contributed by atoms with E-state index in [4.69, 9.17) is 4.74 Å². The molecule has 2 heterocycles. The Bertz CT molecular complexity index is 920. The van der Waals surface area contributed by atoms with E-state index < -0.39 is 5.97 Å². The molecule has 4 nitrogen and oxygen atoms in total. The van der Waals surface area contributed by atoms with E-state index in [1.165, 1.54) is 0 Å². The van der Waals surface area contributed by atoms with Gasteiger partial charge < -0.3 is 9.14 Å². The lowest BCUT2D eigenvalue weighted by Crippen LogP contribution is -2.06. The van der Waals surface area contributed by atoms with Crippen molar-refractivity contribution in [2.75, 3.05) is 6.61 Å². The summed E-state index contributed by atoms with van der Waals surface area (Å²) in [5.74, 6) is -0.529. The van der Waals surface area contributed by atoms with Crippen LogP contribution in [0.15, 0.2) is 48.5 Å². The minimum atomic E-state index is -0.413. The second-order valence-corrected chi connectivity index (χ2v) is 5.75. The molecule has 0 bridgehead atoms. The van der Waals surface area contributed by atoms with Gasteiger partial charge in [0, 0.05) is 11.3 Å². The van der Waals surface area contributed by atoms with Crippen molar-refractivity contribution in [2.45, 2.75) is 20.8 Å². The Hall–Kier alpha value is -2.88. The third-order valence-corrected chi connectivity index (χ3v) is 4.02. The Balaban J connectivity index is 2.19. The normalized spacial score (nSPS) is 10.8. The van der Waals surface area contributed by atoms with E-state index in [2.05, 4.69) is 0 Å². The maximum absolute atomic E-state index is 12.9. The van der Waals surface area contributed by atoms with Crippen molar-refractivity contribution in [1.29, 1.82) is 0 Å². The highest BCUT2D eigenvalue weighted by Crippen LogP contribution is 2.23.